The third kappa shape index (κ3) is 2.65. The molecule has 0 bridgehead atoms. The minimum Gasteiger partial charge on any atom is -0.368 e. The molecule has 2 heterocycles. The Kier molecular flexibility index (Phi) is 3.39. The molecular formula is C13H12ClN5O. The van der Waals surface area contributed by atoms with Crippen LogP contribution in [0.4, 0.5) is 5.82 Å². The van der Waals surface area contributed by atoms with Crippen LogP contribution in [0.2, 0.25) is 5.02 Å². The first kappa shape index (κ1) is 12.7. The molecule has 0 aliphatic carbocycles. The summed E-state index contributed by atoms with van der Waals surface area (Å²) in [5.41, 5.74) is 1.34. The fourth-order valence-corrected chi connectivity index (χ4v) is 2.01. The average molecular weight is 290 g/mol. The van der Waals surface area contributed by atoms with Crippen LogP contribution >= 0.6 is 11.6 Å². The molecule has 0 atom stereocenters. The van der Waals surface area contributed by atoms with Crippen molar-refractivity contribution in [1.82, 2.24) is 19.8 Å². The Labute approximate surface area is 119 Å². The standard InChI is InChI=1S/C13H12ClN5O/c14-10-3-1-9(2-4-10)7-8-15-11-5-6-12-16-17-13(20)19(12)18-11/h1-6H,7-8H2,(H,15,18)(H,17,20). The first-order valence-corrected chi connectivity index (χ1v) is 6.53. The van der Waals surface area contributed by atoms with Gasteiger partial charge < -0.3 is 5.32 Å². The number of aromatic nitrogens is 4. The van der Waals surface area contributed by atoms with Gasteiger partial charge in [0.15, 0.2) is 5.65 Å². The number of benzene rings is 1. The highest BCUT2D eigenvalue weighted by atomic mass is 35.5. The summed E-state index contributed by atoms with van der Waals surface area (Å²) in [4.78, 5) is 11.4. The smallest absolute Gasteiger partial charge is 0.364 e. The van der Waals surface area contributed by atoms with Crippen molar-refractivity contribution in [2.75, 3.05) is 11.9 Å². The normalized spacial score (nSPS) is 10.8. The van der Waals surface area contributed by atoms with Crippen molar-refractivity contribution in [1.29, 1.82) is 0 Å². The van der Waals surface area contributed by atoms with E-state index in [2.05, 4.69) is 20.6 Å². The second-order valence-electron chi connectivity index (χ2n) is 4.32. The van der Waals surface area contributed by atoms with Crippen molar-refractivity contribution in [3.8, 4) is 0 Å². The molecule has 2 aromatic heterocycles. The molecule has 0 saturated carbocycles. The zero-order valence-electron chi connectivity index (χ0n) is 10.5. The van der Waals surface area contributed by atoms with Gasteiger partial charge in [0, 0.05) is 11.6 Å². The minimum absolute atomic E-state index is 0.346. The van der Waals surface area contributed by atoms with Crippen molar-refractivity contribution < 1.29 is 0 Å². The second-order valence-corrected chi connectivity index (χ2v) is 4.76. The van der Waals surface area contributed by atoms with Crippen LogP contribution in [0.25, 0.3) is 5.65 Å². The number of halogens is 1. The largest absolute Gasteiger partial charge is 0.368 e. The van der Waals surface area contributed by atoms with Gasteiger partial charge in [0.05, 0.1) is 0 Å². The minimum atomic E-state index is -0.346. The fourth-order valence-electron chi connectivity index (χ4n) is 1.88. The molecule has 0 unspecified atom stereocenters. The van der Waals surface area contributed by atoms with Gasteiger partial charge in [0.1, 0.15) is 5.82 Å². The number of H-pyrrole nitrogens is 1. The Balaban J connectivity index is 1.66. The van der Waals surface area contributed by atoms with Crippen molar-refractivity contribution in [3.63, 3.8) is 0 Å². The zero-order valence-corrected chi connectivity index (χ0v) is 11.3. The van der Waals surface area contributed by atoms with E-state index in [1.54, 1.807) is 12.1 Å². The molecule has 1 aromatic carbocycles. The average Bonchev–Trinajstić information content (AvgIpc) is 2.83. The predicted molar refractivity (Wildman–Crippen MR) is 77.3 cm³/mol. The third-order valence-electron chi connectivity index (χ3n) is 2.91. The Morgan fingerprint density at radius 1 is 1.20 bits per heavy atom. The topological polar surface area (TPSA) is 75.1 Å². The van der Waals surface area contributed by atoms with Crippen molar-refractivity contribution in [2.45, 2.75) is 6.42 Å². The van der Waals surface area contributed by atoms with Gasteiger partial charge in [-0.2, -0.15) is 9.61 Å². The first-order valence-electron chi connectivity index (χ1n) is 6.15. The second kappa shape index (κ2) is 5.34. The van der Waals surface area contributed by atoms with Gasteiger partial charge in [-0.25, -0.2) is 9.89 Å². The molecule has 3 rings (SSSR count). The number of aromatic amines is 1. The van der Waals surface area contributed by atoms with Gasteiger partial charge in [0.25, 0.3) is 0 Å². The van der Waals surface area contributed by atoms with Crippen LogP contribution in [-0.4, -0.2) is 26.4 Å². The summed E-state index contributed by atoms with van der Waals surface area (Å²) in [6, 6.07) is 11.2. The Morgan fingerprint density at radius 3 is 2.80 bits per heavy atom. The highest BCUT2D eigenvalue weighted by Crippen LogP contribution is 2.10. The summed E-state index contributed by atoms with van der Waals surface area (Å²) in [5, 5.41) is 14.2. The van der Waals surface area contributed by atoms with Crippen LogP contribution in [0.15, 0.2) is 41.2 Å². The monoisotopic (exact) mass is 289 g/mol. The summed E-state index contributed by atoms with van der Waals surface area (Å²) in [5.74, 6) is 0.634. The third-order valence-corrected chi connectivity index (χ3v) is 3.16. The van der Waals surface area contributed by atoms with Gasteiger partial charge in [-0.05, 0) is 36.2 Å². The van der Waals surface area contributed by atoms with E-state index >= 15 is 0 Å². The maximum absolute atomic E-state index is 11.4. The van der Waals surface area contributed by atoms with Gasteiger partial charge >= 0.3 is 5.69 Å². The summed E-state index contributed by atoms with van der Waals surface area (Å²) < 4.78 is 1.23. The van der Waals surface area contributed by atoms with Crippen LogP contribution in [0.3, 0.4) is 0 Å². The molecule has 0 amide bonds. The summed E-state index contributed by atoms with van der Waals surface area (Å²) in [7, 11) is 0. The van der Waals surface area contributed by atoms with Crippen LogP contribution < -0.4 is 11.0 Å². The van der Waals surface area contributed by atoms with Crippen molar-refractivity contribution in [2.24, 2.45) is 0 Å². The summed E-state index contributed by atoms with van der Waals surface area (Å²) in [6.07, 6.45) is 0.844. The SMILES string of the molecule is O=c1[nH]nc2ccc(NCCc3ccc(Cl)cc3)nn12. The van der Waals surface area contributed by atoms with Crippen LogP contribution in [0, 0.1) is 0 Å². The summed E-state index contributed by atoms with van der Waals surface area (Å²) >= 11 is 5.83. The highest BCUT2D eigenvalue weighted by molar-refractivity contribution is 6.30. The lowest BCUT2D eigenvalue weighted by Crippen LogP contribution is -2.14. The lowest BCUT2D eigenvalue weighted by Gasteiger charge is -2.05. The molecule has 3 aromatic rings. The molecule has 0 aliphatic heterocycles. The van der Waals surface area contributed by atoms with E-state index in [0.717, 1.165) is 11.4 Å². The van der Waals surface area contributed by atoms with E-state index in [4.69, 9.17) is 11.6 Å². The number of fused-ring (bicyclic) bond motifs is 1. The molecular weight excluding hydrogens is 278 g/mol. The lowest BCUT2D eigenvalue weighted by atomic mass is 10.1. The summed E-state index contributed by atoms with van der Waals surface area (Å²) in [6.45, 7) is 0.715. The van der Waals surface area contributed by atoms with Gasteiger partial charge in [-0.1, -0.05) is 23.7 Å². The van der Waals surface area contributed by atoms with Gasteiger partial charge in [-0.3, -0.25) is 0 Å². The molecule has 6 nitrogen and oxygen atoms in total. The Hall–Kier alpha value is -2.34. The molecule has 7 heteroatoms. The predicted octanol–water partition coefficient (Wildman–Crippen LogP) is 1.73. The highest BCUT2D eigenvalue weighted by Gasteiger charge is 2.02. The number of anilines is 1. The molecule has 0 saturated heterocycles. The molecule has 102 valence electrons. The molecule has 0 spiro atoms. The molecule has 20 heavy (non-hydrogen) atoms. The Morgan fingerprint density at radius 2 is 2.00 bits per heavy atom. The number of hydrogen-bond acceptors (Lipinski definition) is 4. The lowest BCUT2D eigenvalue weighted by molar-refractivity contribution is 0.871. The number of hydrogen-bond donors (Lipinski definition) is 2. The quantitative estimate of drug-likeness (QED) is 0.767. The van der Waals surface area contributed by atoms with Crippen LogP contribution in [-0.2, 0) is 6.42 Å². The van der Waals surface area contributed by atoms with Crippen molar-refractivity contribution >= 4 is 23.1 Å². The molecule has 0 aliphatic rings. The molecule has 2 N–H and O–H groups in total. The van der Waals surface area contributed by atoms with Gasteiger partial charge in [-0.15, -0.1) is 5.10 Å². The van der Waals surface area contributed by atoms with E-state index in [9.17, 15) is 4.79 Å². The number of nitrogens with zero attached hydrogens (tertiary/aromatic N) is 3. The van der Waals surface area contributed by atoms with Crippen LogP contribution in [0.1, 0.15) is 5.56 Å². The van der Waals surface area contributed by atoms with E-state index in [1.165, 1.54) is 10.1 Å². The van der Waals surface area contributed by atoms with E-state index in [0.29, 0.717) is 18.0 Å². The van der Waals surface area contributed by atoms with E-state index in [1.807, 2.05) is 24.3 Å². The van der Waals surface area contributed by atoms with E-state index < -0.39 is 0 Å². The zero-order chi connectivity index (χ0) is 13.9. The van der Waals surface area contributed by atoms with Gasteiger partial charge in [0.2, 0.25) is 0 Å². The van der Waals surface area contributed by atoms with E-state index in [-0.39, 0.29) is 5.69 Å². The number of rotatable bonds is 4. The Bertz CT molecular complexity index is 777. The molecule has 0 fully saturated rings. The number of nitrogens with one attached hydrogen (secondary N) is 2. The maximum Gasteiger partial charge on any atom is 0.364 e. The van der Waals surface area contributed by atoms with Crippen molar-refractivity contribution in [3.05, 3.63) is 57.5 Å². The first-order chi connectivity index (χ1) is 9.72. The maximum atomic E-state index is 11.4. The molecule has 0 radical (unpaired) electrons. The van der Waals surface area contributed by atoms with Crippen LogP contribution in [0.5, 0.6) is 0 Å². The fraction of sp³-hybridized carbons (Fsp3) is 0.154.